The van der Waals surface area contributed by atoms with Gasteiger partial charge in [0.15, 0.2) is 0 Å². The van der Waals surface area contributed by atoms with Gasteiger partial charge in [-0.1, -0.05) is 35.3 Å². The molecule has 0 atom stereocenters. The Labute approximate surface area is 140 Å². The van der Waals surface area contributed by atoms with E-state index in [4.69, 9.17) is 23.2 Å². The second kappa shape index (κ2) is 7.08. The summed E-state index contributed by atoms with van der Waals surface area (Å²) in [6.45, 7) is 0. The van der Waals surface area contributed by atoms with Crippen LogP contribution in [-0.4, -0.2) is 22.2 Å². The summed E-state index contributed by atoms with van der Waals surface area (Å²) in [5, 5.41) is 24.2. The highest BCUT2D eigenvalue weighted by Crippen LogP contribution is 2.30. The van der Waals surface area contributed by atoms with Crippen LogP contribution in [-0.2, 0) is 0 Å². The first kappa shape index (κ1) is 16.7. The molecule has 1 amide bonds. The third kappa shape index (κ3) is 4.18. The Kier molecular flexibility index (Phi) is 5.15. The zero-order valence-corrected chi connectivity index (χ0v) is 12.9. The molecule has 0 bridgehead atoms. The van der Waals surface area contributed by atoms with Gasteiger partial charge in [0.2, 0.25) is 0 Å². The van der Waals surface area contributed by atoms with Crippen molar-refractivity contribution in [3.63, 3.8) is 0 Å². The van der Waals surface area contributed by atoms with E-state index in [2.05, 4.69) is 10.5 Å². The van der Waals surface area contributed by atoms with E-state index in [0.717, 1.165) is 0 Å². The molecule has 7 nitrogen and oxygen atoms in total. The van der Waals surface area contributed by atoms with Gasteiger partial charge in [-0.3, -0.25) is 14.9 Å². The van der Waals surface area contributed by atoms with E-state index in [1.54, 1.807) is 6.07 Å². The van der Waals surface area contributed by atoms with Crippen LogP contribution in [0.2, 0.25) is 10.0 Å². The molecule has 118 valence electrons. The van der Waals surface area contributed by atoms with Gasteiger partial charge >= 0.3 is 0 Å². The second-order valence-electron chi connectivity index (χ2n) is 4.34. The third-order valence-electron chi connectivity index (χ3n) is 2.73. The van der Waals surface area contributed by atoms with Crippen LogP contribution in [0.25, 0.3) is 0 Å². The average Bonchev–Trinajstić information content (AvgIpc) is 2.51. The number of phenols is 1. The number of benzene rings is 2. The van der Waals surface area contributed by atoms with Crippen molar-refractivity contribution in [3.05, 3.63) is 67.7 Å². The molecule has 0 radical (unpaired) electrons. The molecule has 2 aromatic carbocycles. The molecule has 0 fully saturated rings. The van der Waals surface area contributed by atoms with Crippen molar-refractivity contribution < 1.29 is 14.8 Å². The molecular weight excluding hydrogens is 345 g/mol. The monoisotopic (exact) mass is 353 g/mol. The lowest BCUT2D eigenvalue weighted by Gasteiger charge is -2.05. The number of nitrogens with zero attached hydrogens (tertiary/aromatic N) is 2. The number of halogens is 2. The molecule has 0 aliphatic rings. The number of carbonyl (C=O) groups is 1. The maximum Gasteiger partial charge on any atom is 0.275 e. The minimum absolute atomic E-state index is 0.0645. The highest BCUT2D eigenvalue weighted by Gasteiger charge is 2.14. The summed E-state index contributed by atoms with van der Waals surface area (Å²) in [7, 11) is 0. The zero-order valence-electron chi connectivity index (χ0n) is 11.4. The average molecular weight is 354 g/mol. The molecule has 9 heteroatoms. The molecule has 0 aliphatic heterocycles. The number of phenolic OH excluding ortho intramolecular Hbond substituents is 1. The van der Waals surface area contributed by atoms with Gasteiger partial charge in [-0.2, -0.15) is 5.10 Å². The third-order valence-corrected chi connectivity index (χ3v) is 3.24. The van der Waals surface area contributed by atoms with E-state index in [1.807, 2.05) is 0 Å². The van der Waals surface area contributed by atoms with Crippen molar-refractivity contribution in [3.8, 4) is 5.75 Å². The van der Waals surface area contributed by atoms with E-state index in [9.17, 15) is 20.0 Å². The van der Waals surface area contributed by atoms with Crippen LogP contribution in [0.1, 0.15) is 15.9 Å². The molecule has 0 spiro atoms. The van der Waals surface area contributed by atoms with Crippen molar-refractivity contribution in [2.24, 2.45) is 5.10 Å². The number of nitrogens with one attached hydrogen (secondary N) is 1. The van der Waals surface area contributed by atoms with Crippen LogP contribution in [0, 0.1) is 10.1 Å². The number of carbonyl (C=O) groups excluding carboxylic acids is 1. The zero-order chi connectivity index (χ0) is 17.0. The van der Waals surface area contributed by atoms with Crippen LogP contribution in [0.3, 0.4) is 0 Å². The van der Waals surface area contributed by atoms with Gasteiger partial charge in [-0.15, -0.1) is 0 Å². The lowest BCUT2D eigenvalue weighted by Crippen LogP contribution is -2.17. The number of non-ortho nitro benzene ring substituents is 1. The summed E-state index contributed by atoms with van der Waals surface area (Å²) < 4.78 is 0. The van der Waals surface area contributed by atoms with Crippen molar-refractivity contribution in [1.82, 2.24) is 5.43 Å². The molecular formula is C14H9Cl2N3O4. The summed E-state index contributed by atoms with van der Waals surface area (Å²) in [5.74, 6) is -1.15. The van der Waals surface area contributed by atoms with E-state index in [1.165, 1.54) is 36.5 Å². The Hall–Kier alpha value is -2.64. The maximum absolute atomic E-state index is 11.9. The largest absolute Gasteiger partial charge is 0.506 e. The molecule has 2 rings (SSSR count). The van der Waals surface area contributed by atoms with E-state index in [-0.39, 0.29) is 21.3 Å². The fraction of sp³-hybridized carbons (Fsp3) is 0. The van der Waals surface area contributed by atoms with Crippen LogP contribution in [0.4, 0.5) is 5.69 Å². The van der Waals surface area contributed by atoms with Gasteiger partial charge in [0, 0.05) is 22.7 Å². The lowest BCUT2D eigenvalue weighted by atomic mass is 10.2. The van der Waals surface area contributed by atoms with Crippen LogP contribution in [0.15, 0.2) is 41.5 Å². The summed E-state index contributed by atoms with van der Waals surface area (Å²) in [5.41, 5.74) is 2.36. The number of nitro groups is 1. The molecule has 2 aromatic rings. The summed E-state index contributed by atoms with van der Waals surface area (Å²) in [4.78, 5) is 22.0. The first-order valence-corrected chi connectivity index (χ1v) is 6.90. The lowest BCUT2D eigenvalue weighted by molar-refractivity contribution is -0.384. The van der Waals surface area contributed by atoms with E-state index in [0.29, 0.717) is 5.56 Å². The number of rotatable bonds is 4. The summed E-state index contributed by atoms with van der Waals surface area (Å²) in [6.07, 6.45) is 1.23. The fourth-order valence-electron chi connectivity index (χ4n) is 1.68. The van der Waals surface area contributed by atoms with Crippen molar-refractivity contribution in [2.75, 3.05) is 0 Å². The van der Waals surface area contributed by atoms with Crippen molar-refractivity contribution in [2.45, 2.75) is 0 Å². The Morgan fingerprint density at radius 2 is 2.04 bits per heavy atom. The first-order chi connectivity index (χ1) is 10.9. The molecule has 2 N–H and O–H groups in total. The van der Waals surface area contributed by atoms with Crippen molar-refractivity contribution in [1.29, 1.82) is 0 Å². The van der Waals surface area contributed by atoms with Gasteiger partial charge in [0.25, 0.3) is 11.6 Å². The normalized spacial score (nSPS) is 10.7. The fourth-order valence-corrected chi connectivity index (χ4v) is 2.18. The number of hydrogen-bond donors (Lipinski definition) is 2. The summed E-state index contributed by atoms with van der Waals surface area (Å²) >= 11 is 11.5. The standard InChI is InChI=1S/C14H9Cl2N3O4/c15-9-5-11(13(20)12(16)6-9)14(21)18-17-7-8-2-1-3-10(4-8)19(22)23/h1-7,20H,(H,18,21). The van der Waals surface area contributed by atoms with E-state index < -0.39 is 16.6 Å². The van der Waals surface area contributed by atoms with Crippen LogP contribution < -0.4 is 5.43 Å². The predicted octanol–water partition coefficient (Wildman–Crippen LogP) is 3.37. The quantitative estimate of drug-likeness (QED) is 0.499. The topological polar surface area (TPSA) is 105 Å². The van der Waals surface area contributed by atoms with Gasteiger partial charge in [0.05, 0.1) is 21.7 Å². The Morgan fingerprint density at radius 3 is 2.74 bits per heavy atom. The predicted molar refractivity (Wildman–Crippen MR) is 86.3 cm³/mol. The van der Waals surface area contributed by atoms with Gasteiger partial charge in [-0.25, -0.2) is 5.43 Å². The molecule has 0 saturated heterocycles. The number of aromatic hydroxyl groups is 1. The van der Waals surface area contributed by atoms with Crippen molar-refractivity contribution >= 4 is 41.0 Å². The highest BCUT2D eigenvalue weighted by molar-refractivity contribution is 6.36. The number of hydrogen-bond acceptors (Lipinski definition) is 5. The Bertz CT molecular complexity index is 809. The molecule has 0 unspecified atom stereocenters. The van der Waals surface area contributed by atoms with Crippen LogP contribution >= 0.6 is 23.2 Å². The molecule has 0 heterocycles. The molecule has 23 heavy (non-hydrogen) atoms. The van der Waals surface area contributed by atoms with E-state index >= 15 is 0 Å². The SMILES string of the molecule is O=C(NN=Cc1cccc([N+](=O)[O-])c1)c1cc(Cl)cc(Cl)c1O. The molecule has 0 saturated carbocycles. The second-order valence-corrected chi connectivity index (χ2v) is 5.18. The first-order valence-electron chi connectivity index (χ1n) is 6.14. The van der Waals surface area contributed by atoms with Gasteiger partial charge in [-0.05, 0) is 12.1 Å². The van der Waals surface area contributed by atoms with Gasteiger partial charge in [0.1, 0.15) is 5.75 Å². The number of amides is 1. The molecule has 0 aromatic heterocycles. The number of hydrazone groups is 1. The number of nitro benzene ring substituents is 1. The Balaban J connectivity index is 2.13. The minimum atomic E-state index is -0.728. The highest BCUT2D eigenvalue weighted by atomic mass is 35.5. The Morgan fingerprint density at radius 1 is 1.30 bits per heavy atom. The summed E-state index contributed by atoms with van der Waals surface area (Å²) in [6, 6.07) is 8.23. The smallest absolute Gasteiger partial charge is 0.275 e. The van der Waals surface area contributed by atoms with Gasteiger partial charge < -0.3 is 5.11 Å². The molecule has 0 aliphatic carbocycles. The van der Waals surface area contributed by atoms with Crippen LogP contribution in [0.5, 0.6) is 5.75 Å². The minimum Gasteiger partial charge on any atom is -0.506 e. The maximum atomic E-state index is 11.9.